The lowest BCUT2D eigenvalue weighted by atomic mass is 10.1. The van der Waals surface area contributed by atoms with Gasteiger partial charge in [0.05, 0.1) is 6.04 Å². The SMILES string of the molecule is CC(NCc1ccccc1N)c1nnc2n1CCCCC2. The molecule has 1 aliphatic rings. The summed E-state index contributed by atoms with van der Waals surface area (Å²) < 4.78 is 2.29. The molecule has 0 spiro atoms. The molecule has 2 aromatic rings. The fourth-order valence-corrected chi connectivity index (χ4v) is 2.88. The summed E-state index contributed by atoms with van der Waals surface area (Å²) in [5.41, 5.74) is 7.94. The van der Waals surface area contributed by atoms with Crippen molar-refractivity contribution in [3.63, 3.8) is 0 Å². The monoisotopic (exact) mass is 285 g/mol. The molecule has 3 N–H and O–H groups in total. The Balaban J connectivity index is 1.70. The quantitative estimate of drug-likeness (QED) is 0.847. The van der Waals surface area contributed by atoms with Gasteiger partial charge in [0.25, 0.3) is 0 Å². The van der Waals surface area contributed by atoms with Crippen LogP contribution in [-0.2, 0) is 19.5 Å². The number of hydrogen-bond donors (Lipinski definition) is 2. The van der Waals surface area contributed by atoms with Gasteiger partial charge < -0.3 is 15.6 Å². The molecule has 1 atom stereocenters. The van der Waals surface area contributed by atoms with Crippen LogP contribution < -0.4 is 11.1 Å². The summed E-state index contributed by atoms with van der Waals surface area (Å²) in [5.74, 6) is 2.18. The number of nitrogens with two attached hydrogens (primary N) is 1. The van der Waals surface area contributed by atoms with Gasteiger partial charge in [-0.05, 0) is 31.4 Å². The van der Waals surface area contributed by atoms with Crippen LogP contribution in [0.3, 0.4) is 0 Å². The average Bonchev–Trinajstić information content (AvgIpc) is 2.75. The predicted molar refractivity (Wildman–Crippen MR) is 83.7 cm³/mol. The van der Waals surface area contributed by atoms with E-state index in [-0.39, 0.29) is 6.04 Å². The minimum Gasteiger partial charge on any atom is -0.398 e. The fraction of sp³-hybridized carbons (Fsp3) is 0.500. The summed E-state index contributed by atoms with van der Waals surface area (Å²) in [5, 5.41) is 12.3. The number of para-hydroxylation sites is 1. The molecule has 0 aliphatic carbocycles. The molecule has 0 radical (unpaired) electrons. The first kappa shape index (κ1) is 14.1. The lowest BCUT2D eigenvalue weighted by molar-refractivity contribution is 0.502. The van der Waals surface area contributed by atoms with Crippen molar-refractivity contribution in [2.45, 2.75) is 51.7 Å². The second-order valence-electron chi connectivity index (χ2n) is 5.74. The van der Waals surface area contributed by atoms with Crippen LogP contribution in [0.1, 0.15) is 49.4 Å². The Kier molecular flexibility index (Phi) is 4.20. The van der Waals surface area contributed by atoms with Crippen molar-refractivity contribution < 1.29 is 0 Å². The Morgan fingerprint density at radius 3 is 2.95 bits per heavy atom. The zero-order valence-corrected chi connectivity index (χ0v) is 12.5. The highest BCUT2D eigenvalue weighted by molar-refractivity contribution is 5.46. The number of hydrogen-bond acceptors (Lipinski definition) is 4. The Bertz CT molecular complexity index is 604. The summed E-state index contributed by atoms with van der Waals surface area (Å²) in [6.07, 6.45) is 4.77. The average molecular weight is 285 g/mol. The van der Waals surface area contributed by atoms with E-state index in [0.717, 1.165) is 42.4 Å². The topological polar surface area (TPSA) is 68.8 Å². The van der Waals surface area contributed by atoms with Crippen molar-refractivity contribution >= 4 is 5.69 Å². The molecule has 0 bridgehead atoms. The summed E-state index contributed by atoms with van der Waals surface area (Å²) in [4.78, 5) is 0. The van der Waals surface area contributed by atoms with Crippen LogP contribution in [0.2, 0.25) is 0 Å². The second-order valence-corrected chi connectivity index (χ2v) is 5.74. The third-order valence-corrected chi connectivity index (χ3v) is 4.18. The molecule has 1 aromatic heterocycles. The number of aromatic nitrogens is 3. The highest BCUT2D eigenvalue weighted by Gasteiger charge is 2.18. The molecule has 1 aliphatic heterocycles. The Morgan fingerprint density at radius 1 is 1.24 bits per heavy atom. The van der Waals surface area contributed by atoms with Gasteiger partial charge in [-0.2, -0.15) is 0 Å². The molecular weight excluding hydrogens is 262 g/mol. The molecule has 0 saturated carbocycles. The molecule has 5 heteroatoms. The van der Waals surface area contributed by atoms with Gasteiger partial charge in [-0.15, -0.1) is 10.2 Å². The number of aryl methyl sites for hydroxylation is 1. The predicted octanol–water partition coefficient (Wildman–Crippen LogP) is 2.44. The maximum atomic E-state index is 5.98. The highest BCUT2D eigenvalue weighted by atomic mass is 15.3. The molecule has 0 amide bonds. The van der Waals surface area contributed by atoms with Crippen LogP contribution in [0.25, 0.3) is 0 Å². The first-order valence-corrected chi connectivity index (χ1v) is 7.74. The number of anilines is 1. The van der Waals surface area contributed by atoms with E-state index >= 15 is 0 Å². The van der Waals surface area contributed by atoms with Crippen LogP contribution >= 0.6 is 0 Å². The standard InChI is InChI=1S/C16H23N5/c1-12(18-11-13-7-4-5-8-14(13)17)16-20-19-15-9-3-2-6-10-21(15)16/h4-5,7-8,12,18H,2-3,6,9-11,17H2,1H3. The Hall–Kier alpha value is -1.88. The van der Waals surface area contributed by atoms with E-state index in [1.165, 1.54) is 19.3 Å². The number of nitrogens with zero attached hydrogens (tertiary/aromatic N) is 3. The van der Waals surface area contributed by atoms with Crippen molar-refractivity contribution in [2.75, 3.05) is 5.73 Å². The zero-order valence-electron chi connectivity index (χ0n) is 12.5. The normalized spacial score (nSPS) is 16.2. The molecule has 112 valence electrons. The van der Waals surface area contributed by atoms with E-state index in [4.69, 9.17) is 5.73 Å². The molecule has 1 aromatic carbocycles. The lowest BCUT2D eigenvalue weighted by Crippen LogP contribution is -2.22. The summed E-state index contributed by atoms with van der Waals surface area (Å²) >= 11 is 0. The zero-order chi connectivity index (χ0) is 14.7. The van der Waals surface area contributed by atoms with Gasteiger partial charge in [-0.3, -0.25) is 0 Å². The van der Waals surface area contributed by atoms with Gasteiger partial charge >= 0.3 is 0 Å². The summed E-state index contributed by atoms with van der Waals surface area (Å²) in [6, 6.07) is 8.13. The summed E-state index contributed by atoms with van der Waals surface area (Å²) in [7, 11) is 0. The van der Waals surface area contributed by atoms with Gasteiger partial charge in [0, 0.05) is 25.2 Å². The molecule has 0 fully saturated rings. The van der Waals surface area contributed by atoms with E-state index in [1.54, 1.807) is 0 Å². The Labute approximate surface area is 125 Å². The van der Waals surface area contributed by atoms with E-state index in [1.807, 2.05) is 18.2 Å². The molecule has 0 saturated heterocycles. The van der Waals surface area contributed by atoms with Gasteiger partial charge in [0.15, 0.2) is 0 Å². The van der Waals surface area contributed by atoms with Crippen molar-refractivity contribution in [1.82, 2.24) is 20.1 Å². The minimum absolute atomic E-state index is 0.170. The maximum Gasteiger partial charge on any atom is 0.149 e. The Morgan fingerprint density at radius 2 is 2.10 bits per heavy atom. The fourth-order valence-electron chi connectivity index (χ4n) is 2.88. The van der Waals surface area contributed by atoms with E-state index in [2.05, 4.69) is 33.1 Å². The maximum absolute atomic E-state index is 5.98. The number of nitrogen functional groups attached to an aromatic ring is 1. The van der Waals surface area contributed by atoms with Crippen LogP contribution in [0.5, 0.6) is 0 Å². The van der Waals surface area contributed by atoms with Crippen LogP contribution in [0.4, 0.5) is 5.69 Å². The van der Waals surface area contributed by atoms with Gasteiger partial charge in [0.1, 0.15) is 11.6 Å². The molecule has 1 unspecified atom stereocenters. The van der Waals surface area contributed by atoms with Crippen LogP contribution in [0.15, 0.2) is 24.3 Å². The number of rotatable bonds is 4. The van der Waals surface area contributed by atoms with Gasteiger partial charge in [-0.1, -0.05) is 24.6 Å². The van der Waals surface area contributed by atoms with Crippen molar-refractivity contribution in [3.05, 3.63) is 41.5 Å². The first-order valence-electron chi connectivity index (χ1n) is 7.74. The van der Waals surface area contributed by atoms with E-state index in [9.17, 15) is 0 Å². The first-order chi connectivity index (χ1) is 10.3. The van der Waals surface area contributed by atoms with Crippen molar-refractivity contribution in [1.29, 1.82) is 0 Å². The molecule has 5 nitrogen and oxygen atoms in total. The third-order valence-electron chi connectivity index (χ3n) is 4.18. The number of fused-ring (bicyclic) bond motifs is 1. The van der Waals surface area contributed by atoms with Crippen LogP contribution in [-0.4, -0.2) is 14.8 Å². The largest absolute Gasteiger partial charge is 0.398 e. The smallest absolute Gasteiger partial charge is 0.149 e. The number of benzene rings is 1. The van der Waals surface area contributed by atoms with E-state index in [0.29, 0.717) is 0 Å². The van der Waals surface area contributed by atoms with Gasteiger partial charge in [-0.25, -0.2) is 0 Å². The summed E-state index contributed by atoms with van der Waals surface area (Å²) in [6.45, 7) is 3.93. The van der Waals surface area contributed by atoms with Crippen molar-refractivity contribution in [2.24, 2.45) is 0 Å². The van der Waals surface area contributed by atoms with Crippen molar-refractivity contribution in [3.8, 4) is 0 Å². The second kappa shape index (κ2) is 6.26. The van der Waals surface area contributed by atoms with E-state index < -0.39 is 0 Å². The molecule has 3 rings (SSSR count). The highest BCUT2D eigenvalue weighted by Crippen LogP contribution is 2.19. The third kappa shape index (κ3) is 3.08. The number of nitrogens with one attached hydrogen (secondary N) is 1. The minimum atomic E-state index is 0.170. The lowest BCUT2D eigenvalue weighted by Gasteiger charge is -2.16. The molecular formula is C16H23N5. The molecule has 2 heterocycles. The molecule has 21 heavy (non-hydrogen) atoms. The van der Waals surface area contributed by atoms with Gasteiger partial charge in [0.2, 0.25) is 0 Å². The van der Waals surface area contributed by atoms with Crippen LogP contribution in [0, 0.1) is 0 Å².